The van der Waals surface area contributed by atoms with E-state index in [0.717, 1.165) is 17.8 Å². The maximum absolute atomic E-state index is 2.59. The van der Waals surface area contributed by atoms with Gasteiger partial charge in [-0.05, 0) is 54.7 Å². The lowest BCUT2D eigenvalue weighted by Gasteiger charge is -2.44. The molecule has 0 amide bonds. The van der Waals surface area contributed by atoms with Gasteiger partial charge in [-0.2, -0.15) is 0 Å². The first kappa shape index (κ1) is 18.8. The van der Waals surface area contributed by atoms with E-state index in [0.29, 0.717) is 5.92 Å². The Bertz CT molecular complexity index is 538. The van der Waals surface area contributed by atoms with Gasteiger partial charge >= 0.3 is 0 Å². The lowest BCUT2D eigenvalue weighted by molar-refractivity contribution is -0.913. The van der Waals surface area contributed by atoms with E-state index in [-0.39, 0.29) is 0 Å². The molecule has 0 spiro atoms. The number of hydrogen-bond donors (Lipinski definition) is 0. The number of quaternary nitrogens is 1. The Morgan fingerprint density at radius 1 is 1.00 bits per heavy atom. The minimum Gasteiger partial charge on any atom is -0.360 e. The summed E-state index contributed by atoms with van der Waals surface area (Å²) in [6, 6.07) is 9.28. The Morgan fingerprint density at radius 2 is 1.64 bits per heavy atom. The smallest absolute Gasteiger partial charge is 0.0963 e. The summed E-state index contributed by atoms with van der Waals surface area (Å²) in [4.78, 5) is 2.59. The number of nitrogens with zero attached hydrogens (tertiary/aromatic N) is 2. The van der Waals surface area contributed by atoms with Gasteiger partial charge in [-0.15, -0.1) is 0 Å². The van der Waals surface area contributed by atoms with Crippen LogP contribution >= 0.6 is 0 Å². The fourth-order valence-corrected chi connectivity index (χ4v) is 4.97. The Labute approximate surface area is 155 Å². The first-order valence-electron chi connectivity index (χ1n) is 10.5. The zero-order valence-electron chi connectivity index (χ0n) is 17.2. The molecule has 1 aliphatic carbocycles. The van der Waals surface area contributed by atoms with Gasteiger partial charge in [0.05, 0.1) is 39.8 Å². The maximum atomic E-state index is 2.59. The van der Waals surface area contributed by atoms with Crippen LogP contribution in [0.4, 0.5) is 5.69 Å². The van der Waals surface area contributed by atoms with Crippen LogP contribution in [0.15, 0.2) is 24.3 Å². The molecule has 1 aliphatic heterocycles. The van der Waals surface area contributed by atoms with E-state index < -0.39 is 0 Å². The van der Waals surface area contributed by atoms with Crippen LogP contribution in [0.25, 0.3) is 0 Å². The molecular formula is C23H39N2+. The predicted octanol–water partition coefficient (Wildman–Crippen LogP) is 5.15. The molecule has 2 fully saturated rings. The van der Waals surface area contributed by atoms with E-state index in [9.17, 15) is 0 Å². The molecule has 3 rings (SSSR count). The van der Waals surface area contributed by atoms with Crippen molar-refractivity contribution >= 4 is 5.69 Å². The van der Waals surface area contributed by atoms with Crippen molar-refractivity contribution in [2.45, 2.75) is 52.9 Å². The molecule has 1 aromatic rings. The van der Waals surface area contributed by atoms with E-state index in [1.807, 2.05) is 0 Å². The van der Waals surface area contributed by atoms with E-state index in [4.69, 9.17) is 0 Å². The van der Waals surface area contributed by atoms with Gasteiger partial charge in [0, 0.05) is 11.6 Å². The van der Waals surface area contributed by atoms with Gasteiger partial charge in [-0.25, -0.2) is 0 Å². The SMILES string of the molecule is CC(C)c1ccc(N2CC[N+](C)(CC3CCC(C(C)C)C3)CC2)cc1. The van der Waals surface area contributed by atoms with Crippen molar-refractivity contribution in [2.24, 2.45) is 17.8 Å². The number of piperazine rings is 1. The third kappa shape index (κ3) is 4.58. The number of hydrogen-bond acceptors (Lipinski definition) is 1. The largest absolute Gasteiger partial charge is 0.360 e. The topological polar surface area (TPSA) is 3.24 Å². The highest BCUT2D eigenvalue weighted by Crippen LogP contribution is 2.37. The number of likely N-dealkylation sites (N-methyl/N-ethyl adjacent to an activating group) is 1. The van der Waals surface area contributed by atoms with Gasteiger partial charge in [-0.3, -0.25) is 0 Å². The summed E-state index contributed by atoms with van der Waals surface area (Å²) in [6.45, 7) is 15.8. The first-order valence-corrected chi connectivity index (χ1v) is 10.5. The Kier molecular flexibility index (Phi) is 5.78. The van der Waals surface area contributed by atoms with Crippen LogP contribution in [0, 0.1) is 17.8 Å². The van der Waals surface area contributed by atoms with Crippen LogP contribution in [0.5, 0.6) is 0 Å². The summed E-state index contributed by atoms with van der Waals surface area (Å²) in [5, 5.41) is 0. The van der Waals surface area contributed by atoms with Gasteiger partial charge in [-0.1, -0.05) is 39.8 Å². The van der Waals surface area contributed by atoms with Gasteiger partial charge in [0.25, 0.3) is 0 Å². The maximum Gasteiger partial charge on any atom is 0.0963 e. The van der Waals surface area contributed by atoms with Crippen molar-refractivity contribution in [2.75, 3.05) is 44.7 Å². The second kappa shape index (κ2) is 7.70. The third-order valence-electron chi connectivity index (χ3n) is 6.97. The van der Waals surface area contributed by atoms with Crippen LogP contribution in [-0.4, -0.2) is 44.3 Å². The van der Waals surface area contributed by atoms with E-state index >= 15 is 0 Å². The highest BCUT2D eigenvalue weighted by Gasteiger charge is 2.35. The average molecular weight is 344 g/mol. The van der Waals surface area contributed by atoms with Crippen molar-refractivity contribution in [3.05, 3.63) is 29.8 Å². The van der Waals surface area contributed by atoms with Crippen molar-refractivity contribution in [1.82, 2.24) is 0 Å². The lowest BCUT2D eigenvalue weighted by Crippen LogP contribution is -2.58. The monoisotopic (exact) mass is 343 g/mol. The van der Waals surface area contributed by atoms with Crippen LogP contribution in [0.2, 0.25) is 0 Å². The van der Waals surface area contributed by atoms with Crippen LogP contribution in [-0.2, 0) is 0 Å². The van der Waals surface area contributed by atoms with Gasteiger partial charge < -0.3 is 9.38 Å². The fraction of sp³-hybridized carbons (Fsp3) is 0.739. The molecule has 1 aromatic carbocycles. The summed E-state index contributed by atoms with van der Waals surface area (Å²) in [5.41, 5.74) is 2.86. The van der Waals surface area contributed by atoms with Crippen LogP contribution in [0.3, 0.4) is 0 Å². The minimum absolute atomic E-state index is 0.622. The molecule has 2 unspecified atom stereocenters. The van der Waals surface area contributed by atoms with E-state index in [1.54, 1.807) is 0 Å². The fourth-order valence-electron chi connectivity index (χ4n) is 4.97. The summed E-state index contributed by atoms with van der Waals surface area (Å²) in [6.07, 6.45) is 4.42. The summed E-state index contributed by atoms with van der Waals surface area (Å²) < 4.78 is 1.29. The predicted molar refractivity (Wildman–Crippen MR) is 109 cm³/mol. The number of rotatable bonds is 5. The molecule has 0 N–H and O–H groups in total. The average Bonchev–Trinajstić information content (AvgIpc) is 3.04. The molecule has 140 valence electrons. The first-order chi connectivity index (χ1) is 11.9. The summed E-state index contributed by atoms with van der Waals surface area (Å²) in [7, 11) is 2.50. The van der Waals surface area contributed by atoms with Crippen molar-refractivity contribution in [1.29, 1.82) is 0 Å². The molecular weight excluding hydrogens is 304 g/mol. The zero-order valence-corrected chi connectivity index (χ0v) is 17.2. The standard InChI is InChI=1S/C23H39N2/c1-18(2)21-8-10-23(11-9-21)24-12-14-25(5,15-13-24)17-20-6-7-22(16-20)19(3)4/h8-11,18-20,22H,6-7,12-17H2,1-5H3/q+1. The van der Waals surface area contributed by atoms with Gasteiger partial charge in [0.15, 0.2) is 0 Å². The lowest BCUT2D eigenvalue weighted by atomic mass is 9.93. The van der Waals surface area contributed by atoms with E-state index in [1.165, 1.54) is 67.7 Å². The van der Waals surface area contributed by atoms with Crippen molar-refractivity contribution < 1.29 is 4.48 Å². The minimum atomic E-state index is 0.622. The quantitative estimate of drug-likeness (QED) is 0.668. The molecule has 2 nitrogen and oxygen atoms in total. The molecule has 1 heterocycles. The highest BCUT2D eigenvalue weighted by atomic mass is 15.4. The molecule has 2 atom stereocenters. The number of anilines is 1. The molecule has 25 heavy (non-hydrogen) atoms. The molecule has 1 saturated carbocycles. The van der Waals surface area contributed by atoms with Crippen molar-refractivity contribution in [3.63, 3.8) is 0 Å². The normalized spacial score (nSPS) is 26.6. The highest BCUT2D eigenvalue weighted by molar-refractivity contribution is 5.48. The molecule has 2 aliphatic rings. The third-order valence-corrected chi connectivity index (χ3v) is 6.97. The molecule has 0 radical (unpaired) electrons. The second-order valence-corrected chi connectivity index (χ2v) is 9.67. The summed E-state index contributed by atoms with van der Waals surface area (Å²) in [5.74, 6) is 3.45. The molecule has 0 aromatic heterocycles. The van der Waals surface area contributed by atoms with Gasteiger partial charge in [0.1, 0.15) is 0 Å². The van der Waals surface area contributed by atoms with E-state index in [2.05, 4.69) is 63.9 Å². The Hall–Kier alpha value is -1.02. The second-order valence-electron chi connectivity index (χ2n) is 9.67. The number of benzene rings is 1. The van der Waals surface area contributed by atoms with Gasteiger partial charge in [0.2, 0.25) is 0 Å². The summed E-state index contributed by atoms with van der Waals surface area (Å²) >= 11 is 0. The molecule has 1 saturated heterocycles. The Morgan fingerprint density at radius 3 is 2.16 bits per heavy atom. The van der Waals surface area contributed by atoms with Crippen LogP contribution in [0.1, 0.15) is 58.4 Å². The van der Waals surface area contributed by atoms with Crippen LogP contribution < -0.4 is 4.90 Å². The molecule has 2 heteroatoms. The molecule has 0 bridgehead atoms. The van der Waals surface area contributed by atoms with Crippen molar-refractivity contribution in [3.8, 4) is 0 Å². The zero-order chi connectivity index (χ0) is 18.0. The Balaban J connectivity index is 1.52.